The van der Waals surface area contributed by atoms with Crippen LogP contribution in [0, 0.1) is 0 Å². The molecule has 110 valence electrons. The van der Waals surface area contributed by atoms with E-state index in [1.54, 1.807) is 20.8 Å². The van der Waals surface area contributed by atoms with E-state index in [9.17, 15) is 25.9 Å². The van der Waals surface area contributed by atoms with Gasteiger partial charge in [0.15, 0.2) is 0 Å². The molecular weight excluding hydrogens is 306 g/mol. The van der Waals surface area contributed by atoms with Crippen LogP contribution >= 0.6 is 0 Å². The number of nitrogens with zero attached hydrogens (tertiary/aromatic N) is 1. The first-order chi connectivity index (χ1) is 8.87. The number of aliphatic imine (C=N–C) groups is 1. The van der Waals surface area contributed by atoms with Gasteiger partial charge in [-0.05, 0) is 19.1 Å². The molecule has 0 amide bonds. The quantitative estimate of drug-likeness (QED) is 0.798. The minimum atomic E-state index is -4.55. The summed E-state index contributed by atoms with van der Waals surface area (Å²) in [6, 6.07) is 1.86. The summed E-state index contributed by atoms with van der Waals surface area (Å²) in [5.41, 5.74) is -0.479. The Labute approximate surface area is 116 Å². The molecule has 7 nitrogen and oxygen atoms in total. The molecular formula is C11H13NO6S2. The number of hydrogen-bond donors (Lipinski definition) is 2. The Bertz CT molecular complexity index is 834. The topological polar surface area (TPSA) is 121 Å². The molecule has 1 aromatic rings. The largest absolute Gasteiger partial charge is 0.296 e. The molecule has 20 heavy (non-hydrogen) atoms. The Hall–Kier alpha value is -1.29. The van der Waals surface area contributed by atoms with E-state index in [0.717, 1.165) is 12.1 Å². The minimum absolute atomic E-state index is 0.0626. The van der Waals surface area contributed by atoms with E-state index >= 15 is 0 Å². The summed E-state index contributed by atoms with van der Waals surface area (Å²) < 4.78 is 64.0. The maximum Gasteiger partial charge on any atom is 0.296 e. The maximum atomic E-state index is 11.4. The smallest absolute Gasteiger partial charge is 0.282 e. The molecule has 0 radical (unpaired) electrons. The van der Waals surface area contributed by atoms with Gasteiger partial charge in [0.05, 0.1) is 5.69 Å². The van der Waals surface area contributed by atoms with Gasteiger partial charge in [-0.2, -0.15) is 16.8 Å². The van der Waals surface area contributed by atoms with Gasteiger partial charge in [-0.15, -0.1) is 0 Å². The van der Waals surface area contributed by atoms with E-state index in [4.69, 9.17) is 0 Å². The average Bonchev–Trinajstić information content (AvgIpc) is 2.46. The van der Waals surface area contributed by atoms with Crippen molar-refractivity contribution in [1.29, 1.82) is 0 Å². The van der Waals surface area contributed by atoms with Gasteiger partial charge in [0, 0.05) is 16.7 Å². The summed E-state index contributed by atoms with van der Waals surface area (Å²) in [4.78, 5) is 3.15. The van der Waals surface area contributed by atoms with Crippen molar-refractivity contribution in [3.05, 3.63) is 17.7 Å². The fourth-order valence-corrected chi connectivity index (χ4v) is 3.66. The summed E-state index contributed by atoms with van der Waals surface area (Å²) in [7, 11) is -9.08. The van der Waals surface area contributed by atoms with Gasteiger partial charge in [-0.3, -0.25) is 14.1 Å². The van der Waals surface area contributed by atoms with E-state index in [1.807, 2.05) is 0 Å². The first kappa shape index (κ1) is 15.1. The molecule has 1 aromatic carbocycles. The molecule has 0 bridgehead atoms. The second-order valence-electron chi connectivity index (χ2n) is 5.06. The monoisotopic (exact) mass is 319 g/mol. The van der Waals surface area contributed by atoms with Crippen LogP contribution in [0.25, 0.3) is 0 Å². The number of benzene rings is 1. The summed E-state index contributed by atoms with van der Waals surface area (Å²) in [6.45, 7) is 4.92. The summed E-state index contributed by atoms with van der Waals surface area (Å²) in [6.07, 6.45) is 0. The van der Waals surface area contributed by atoms with Crippen LogP contribution in [0.1, 0.15) is 26.3 Å². The standard InChI is InChI=1S/C11H13NO6S2/c1-6-11(2,3)9-7(19(13,14)15)4-5-8(10(9)12-6)20(16,17)18/h4-5H,1-3H3,(H,13,14,15)(H,16,17,18). The zero-order chi connectivity index (χ0) is 15.5. The van der Waals surface area contributed by atoms with E-state index in [2.05, 4.69) is 4.99 Å². The van der Waals surface area contributed by atoms with Crippen LogP contribution in [0.4, 0.5) is 5.69 Å². The van der Waals surface area contributed by atoms with Crippen molar-refractivity contribution in [2.75, 3.05) is 0 Å². The van der Waals surface area contributed by atoms with Gasteiger partial charge in [-0.1, -0.05) is 13.8 Å². The first-order valence-electron chi connectivity index (χ1n) is 5.55. The second kappa shape index (κ2) is 4.10. The van der Waals surface area contributed by atoms with Crippen LogP contribution in [0.5, 0.6) is 0 Å². The summed E-state index contributed by atoms with van der Waals surface area (Å²) in [5.74, 6) is 0. The van der Waals surface area contributed by atoms with Gasteiger partial charge in [-0.25, -0.2) is 0 Å². The Morgan fingerprint density at radius 3 is 1.90 bits per heavy atom. The molecule has 0 atom stereocenters. The highest BCUT2D eigenvalue weighted by Crippen LogP contribution is 2.46. The van der Waals surface area contributed by atoms with Crippen LogP contribution in [0.3, 0.4) is 0 Å². The Balaban J connectivity index is 2.99. The van der Waals surface area contributed by atoms with Crippen LogP contribution in [0.15, 0.2) is 26.9 Å². The lowest BCUT2D eigenvalue weighted by Gasteiger charge is -2.22. The number of rotatable bonds is 2. The molecule has 0 saturated heterocycles. The molecule has 1 aliphatic rings. The molecule has 0 aromatic heterocycles. The van der Waals surface area contributed by atoms with Crippen molar-refractivity contribution in [2.45, 2.75) is 36.0 Å². The third-order valence-corrected chi connectivity index (χ3v) is 5.25. The van der Waals surface area contributed by atoms with Gasteiger partial charge >= 0.3 is 0 Å². The third-order valence-electron chi connectivity index (χ3n) is 3.47. The molecule has 1 aliphatic heterocycles. The molecule has 2 rings (SSSR count). The molecule has 2 N–H and O–H groups in total. The zero-order valence-electron chi connectivity index (χ0n) is 10.9. The van der Waals surface area contributed by atoms with Crippen LogP contribution in [0.2, 0.25) is 0 Å². The molecule has 0 saturated carbocycles. The van der Waals surface area contributed by atoms with Gasteiger partial charge in [0.1, 0.15) is 9.79 Å². The van der Waals surface area contributed by atoms with Crippen LogP contribution in [-0.4, -0.2) is 31.7 Å². The normalized spacial score (nSPS) is 17.8. The molecule has 0 fully saturated rings. The predicted molar refractivity (Wildman–Crippen MR) is 71.9 cm³/mol. The van der Waals surface area contributed by atoms with Crippen molar-refractivity contribution < 1.29 is 25.9 Å². The highest BCUT2D eigenvalue weighted by molar-refractivity contribution is 7.86. The van der Waals surface area contributed by atoms with E-state index in [1.165, 1.54) is 0 Å². The van der Waals surface area contributed by atoms with Crippen molar-refractivity contribution >= 4 is 31.6 Å². The summed E-state index contributed by atoms with van der Waals surface area (Å²) >= 11 is 0. The highest BCUT2D eigenvalue weighted by Gasteiger charge is 2.40. The fraction of sp³-hybridized carbons (Fsp3) is 0.364. The second-order valence-corrected chi connectivity index (χ2v) is 7.84. The number of hydrogen-bond acceptors (Lipinski definition) is 5. The van der Waals surface area contributed by atoms with Gasteiger partial charge < -0.3 is 0 Å². The molecule has 0 aliphatic carbocycles. The minimum Gasteiger partial charge on any atom is -0.282 e. The average molecular weight is 319 g/mol. The lowest BCUT2D eigenvalue weighted by atomic mass is 9.82. The highest BCUT2D eigenvalue weighted by atomic mass is 32.2. The Morgan fingerprint density at radius 2 is 1.45 bits per heavy atom. The van der Waals surface area contributed by atoms with Gasteiger partial charge in [0.25, 0.3) is 20.2 Å². The summed E-state index contributed by atoms with van der Waals surface area (Å²) in [5, 5.41) is 0. The lowest BCUT2D eigenvalue weighted by Crippen LogP contribution is -2.25. The van der Waals surface area contributed by atoms with Crippen molar-refractivity contribution in [3.8, 4) is 0 Å². The predicted octanol–water partition coefficient (Wildman–Crippen LogP) is 1.56. The van der Waals surface area contributed by atoms with Crippen LogP contribution < -0.4 is 0 Å². The molecule has 0 unspecified atom stereocenters. The van der Waals surface area contributed by atoms with E-state index < -0.39 is 35.4 Å². The Kier molecular flexibility index (Phi) is 3.10. The maximum absolute atomic E-state index is 11.4. The fourth-order valence-electron chi connectivity index (χ4n) is 2.18. The SMILES string of the molecule is CC1=Nc2c(S(=O)(=O)O)ccc(S(=O)(=O)O)c2C1(C)C. The molecule has 9 heteroatoms. The van der Waals surface area contributed by atoms with Gasteiger partial charge in [0.2, 0.25) is 0 Å². The van der Waals surface area contributed by atoms with Crippen molar-refractivity contribution in [2.24, 2.45) is 4.99 Å². The first-order valence-corrected chi connectivity index (χ1v) is 8.43. The van der Waals surface area contributed by atoms with E-state index in [0.29, 0.717) is 5.71 Å². The van der Waals surface area contributed by atoms with E-state index in [-0.39, 0.29) is 11.3 Å². The van der Waals surface area contributed by atoms with Crippen molar-refractivity contribution in [1.82, 2.24) is 0 Å². The van der Waals surface area contributed by atoms with Crippen molar-refractivity contribution in [3.63, 3.8) is 0 Å². The third kappa shape index (κ3) is 2.16. The Morgan fingerprint density at radius 1 is 1.00 bits per heavy atom. The molecule has 0 spiro atoms. The zero-order valence-corrected chi connectivity index (χ0v) is 12.6. The lowest BCUT2D eigenvalue weighted by molar-refractivity contribution is 0.476. The number of fused-ring (bicyclic) bond motifs is 1. The van der Waals surface area contributed by atoms with Crippen LogP contribution in [-0.2, 0) is 25.7 Å². The molecule has 1 heterocycles.